The molecule has 100 valence electrons. The normalized spacial score (nSPS) is 10.8. The van der Waals surface area contributed by atoms with Crippen molar-refractivity contribution in [1.82, 2.24) is 0 Å². The summed E-state index contributed by atoms with van der Waals surface area (Å²) in [4.78, 5) is 13.4. The summed E-state index contributed by atoms with van der Waals surface area (Å²) in [7, 11) is 0. The van der Waals surface area contributed by atoms with Crippen molar-refractivity contribution in [3.8, 4) is 0 Å². The lowest BCUT2D eigenvalue weighted by molar-refractivity contribution is 0.101. The third kappa shape index (κ3) is 3.29. The molecule has 1 rings (SSSR count). The predicted octanol–water partition coefficient (Wildman–Crippen LogP) is 2.63. The molecule has 1 N–H and O–H groups in total. The minimum absolute atomic E-state index is 0.0487. The number of aliphatic hydroxyl groups excluding tert-OH is 1. The van der Waals surface area contributed by atoms with E-state index in [0.29, 0.717) is 24.2 Å². The third-order valence-electron chi connectivity index (χ3n) is 2.83. The van der Waals surface area contributed by atoms with Gasteiger partial charge in [-0.25, -0.2) is 4.39 Å². The van der Waals surface area contributed by atoms with E-state index in [4.69, 9.17) is 5.11 Å². The summed E-state index contributed by atoms with van der Waals surface area (Å²) in [5, 5.41) is 8.90. The van der Waals surface area contributed by atoms with E-state index in [1.54, 1.807) is 12.1 Å². The molecule has 0 bridgehead atoms. The van der Waals surface area contributed by atoms with Crippen LogP contribution in [0.3, 0.4) is 0 Å². The van der Waals surface area contributed by atoms with Gasteiger partial charge >= 0.3 is 0 Å². The molecule has 0 aliphatic heterocycles. The summed E-state index contributed by atoms with van der Waals surface area (Å²) in [6.45, 7) is 5.88. The standard InChI is InChI=1S/C14H20FNO2/c1-10(2)16(8-5-9-17)14-12(11(3)18)6-4-7-13(14)15/h4,6-7,10,17H,5,8-9H2,1-3H3. The highest BCUT2D eigenvalue weighted by molar-refractivity contribution is 5.99. The first-order valence-corrected chi connectivity index (χ1v) is 6.16. The number of benzene rings is 1. The number of Topliss-reactive ketones (excluding diaryl/α,β-unsaturated/α-hetero) is 1. The molecule has 0 aliphatic carbocycles. The molecule has 0 amide bonds. The summed E-state index contributed by atoms with van der Waals surface area (Å²) in [6.07, 6.45) is 0.545. The maximum Gasteiger partial charge on any atom is 0.161 e. The maximum absolute atomic E-state index is 14.0. The third-order valence-corrected chi connectivity index (χ3v) is 2.83. The zero-order valence-corrected chi connectivity index (χ0v) is 11.1. The number of carbonyl (C=O) groups is 1. The first-order chi connectivity index (χ1) is 8.49. The number of nitrogens with zero attached hydrogens (tertiary/aromatic N) is 1. The van der Waals surface area contributed by atoms with Crippen molar-refractivity contribution in [1.29, 1.82) is 0 Å². The Hall–Kier alpha value is -1.42. The summed E-state index contributed by atoms with van der Waals surface area (Å²) >= 11 is 0. The highest BCUT2D eigenvalue weighted by atomic mass is 19.1. The first-order valence-electron chi connectivity index (χ1n) is 6.16. The van der Waals surface area contributed by atoms with E-state index in [1.165, 1.54) is 13.0 Å². The number of halogens is 1. The van der Waals surface area contributed by atoms with E-state index in [9.17, 15) is 9.18 Å². The van der Waals surface area contributed by atoms with Crippen LogP contribution in [0.25, 0.3) is 0 Å². The molecule has 0 fully saturated rings. The molecule has 1 aromatic rings. The lowest BCUT2D eigenvalue weighted by Gasteiger charge is -2.30. The SMILES string of the molecule is CC(=O)c1cccc(F)c1N(CCCO)C(C)C. The van der Waals surface area contributed by atoms with Crippen LogP contribution in [0.2, 0.25) is 0 Å². The minimum Gasteiger partial charge on any atom is -0.396 e. The van der Waals surface area contributed by atoms with Gasteiger partial charge < -0.3 is 10.0 Å². The highest BCUT2D eigenvalue weighted by Gasteiger charge is 2.20. The van der Waals surface area contributed by atoms with Gasteiger partial charge in [-0.1, -0.05) is 6.07 Å². The van der Waals surface area contributed by atoms with Gasteiger partial charge in [-0.05, 0) is 39.3 Å². The van der Waals surface area contributed by atoms with E-state index in [2.05, 4.69) is 0 Å². The molecule has 0 atom stereocenters. The average Bonchev–Trinajstić information content (AvgIpc) is 2.30. The molecular formula is C14H20FNO2. The van der Waals surface area contributed by atoms with Crippen LogP contribution in [0.4, 0.5) is 10.1 Å². The van der Waals surface area contributed by atoms with E-state index in [1.807, 2.05) is 18.7 Å². The van der Waals surface area contributed by atoms with Crippen molar-refractivity contribution in [2.24, 2.45) is 0 Å². The van der Waals surface area contributed by atoms with Crippen molar-refractivity contribution in [3.63, 3.8) is 0 Å². The van der Waals surface area contributed by atoms with Crippen molar-refractivity contribution in [2.45, 2.75) is 33.2 Å². The Bertz CT molecular complexity index is 418. The Morgan fingerprint density at radius 3 is 2.61 bits per heavy atom. The number of anilines is 1. The van der Waals surface area contributed by atoms with Crippen molar-refractivity contribution < 1.29 is 14.3 Å². The largest absolute Gasteiger partial charge is 0.396 e. The monoisotopic (exact) mass is 253 g/mol. The van der Waals surface area contributed by atoms with Gasteiger partial charge in [0.1, 0.15) is 5.82 Å². The summed E-state index contributed by atoms with van der Waals surface area (Å²) in [5.74, 6) is -0.548. The zero-order chi connectivity index (χ0) is 13.7. The minimum atomic E-state index is -0.394. The molecule has 1 aromatic carbocycles. The molecule has 0 aliphatic rings. The molecule has 0 saturated heterocycles. The Labute approximate surface area is 107 Å². The van der Waals surface area contributed by atoms with E-state index < -0.39 is 5.82 Å². The average molecular weight is 253 g/mol. The van der Waals surface area contributed by atoms with Crippen molar-refractivity contribution in [3.05, 3.63) is 29.6 Å². The Balaban J connectivity index is 3.21. The number of carbonyl (C=O) groups excluding carboxylic acids is 1. The molecule has 4 heteroatoms. The number of ketones is 1. The van der Waals surface area contributed by atoms with Crippen molar-refractivity contribution >= 4 is 11.5 Å². The van der Waals surface area contributed by atoms with E-state index in [0.717, 1.165) is 0 Å². The summed E-state index contributed by atoms with van der Waals surface area (Å²) in [6, 6.07) is 4.59. The molecule has 0 heterocycles. The van der Waals surface area contributed by atoms with Crippen LogP contribution in [0.1, 0.15) is 37.6 Å². The Kier molecular flexibility index (Phi) is 5.28. The van der Waals surface area contributed by atoms with Gasteiger partial charge in [0, 0.05) is 24.8 Å². The predicted molar refractivity (Wildman–Crippen MR) is 70.6 cm³/mol. The number of aliphatic hydroxyl groups is 1. The molecule has 0 aromatic heterocycles. The van der Waals surface area contributed by atoms with Crippen molar-refractivity contribution in [2.75, 3.05) is 18.1 Å². The first kappa shape index (κ1) is 14.6. The topological polar surface area (TPSA) is 40.5 Å². The highest BCUT2D eigenvalue weighted by Crippen LogP contribution is 2.27. The number of hydrogen-bond donors (Lipinski definition) is 1. The van der Waals surface area contributed by atoms with Crippen LogP contribution in [0, 0.1) is 5.82 Å². The fourth-order valence-corrected chi connectivity index (χ4v) is 1.96. The van der Waals surface area contributed by atoms with Gasteiger partial charge in [-0.3, -0.25) is 4.79 Å². The van der Waals surface area contributed by atoms with E-state index in [-0.39, 0.29) is 18.4 Å². The number of rotatable bonds is 6. The lowest BCUT2D eigenvalue weighted by atomic mass is 10.1. The summed E-state index contributed by atoms with van der Waals surface area (Å²) in [5.41, 5.74) is 0.732. The molecule has 0 saturated carbocycles. The molecule has 0 unspecified atom stereocenters. The fourth-order valence-electron chi connectivity index (χ4n) is 1.96. The zero-order valence-electron chi connectivity index (χ0n) is 11.1. The van der Waals surface area contributed by atoms with Crippen LogP contribution in [-0.2, 0) is 0 Å². The molecule has 0 radical (unpaired) electrons. The molecular weight excluding hydrogens is 233 g/mol. The lowest BCUT2D eigenvalue weighted by Crippen LogP contribution is -2.34. The second kappa shape index (κ2) is 6.50. The van der Waals surface area contributed by atoms with Crippen LogP contribution < -0.4 is 4.90 Å². The molecule has 18 heavy (non-hydrogen) atoms. The second-order valence-electron chi connectivity index (χ2n) is 4.56. The number of para-hydroxylation sites is 1. The second-order valence-corrected chi connectivity index (χ2v) is 4.56. The van der Waals surface area contributed by atoms with E-state index >= 15 is 0 Å². The van der Waals surface area contributed by atoms with Crippen LogP contribution in [0.15, 0.2) is 18.2 Å². The summed E-state index contributed by atoms with van der Waals surface area (Å²) < 4.78 is 14.0. The van der Waals surface area contributed by atoms with Gasteiger partial charge in [0.25, 0.3) is 0 Å². The van der Waals surface area contributed by atoms with Gasteiger partial charge in [0.05, 0.1) is 5.69 Å². The van der Waals surface area contributed by atoms with Gasteiger partial charge in [0.2, 0.25) is 0 Å². The van der Waals surface area contributed by atoms with Gasteiger partial charge in [-0.15, -0.1) is 0 Å². The van der Waals surface area contributed by atoms with Gasteiger partial charge in [0.15, 0.2) is 5.78 Å². The van der Waals surface area contributed by atoms with Gasteiger partial charge in [-0.2, -0.15) is 0 Å². The van der Waals surface area contributed by atoms with Crippen LogP contribution >= 0.6 is 0 Å². The molecule has 0 spiro atoms. The van der Waals surface area contributed by atoms with Crippen LogP contribution in [0.5, 0.6) is 0 Å². The Morgan fingerprint density at radius 2 is 2.11 bits per heavy atom. The number of hydrogen-bond acceptors (Lipinski definition) is 3. The fraction of sp³-hybridized carbons (Fsp3) is 0.500. The maximum atomic E-state index is 14.0. The Morgan fingerprint density at radius 1 is 1.44 bits per heavy atom. The molecule has 3 nitrogen and oxygen atoms in total. The van der Waals surface area contributed by atoms with Crippen LogP contribution in [-0.4, -0.2) is 30.1 Å². The smallest absolute Gasteiger partial charge is 0.161 e. The quantitative estimate of drug-likeness (QED) is 0.792.